The first-order valence-corrected chi connectivity index (χ1v) is 7.26. The van der Waals surface area contributed by atoms with E-state index in [-0.39, 0.29) is 5.69 Å². The van der Waals surface area contributed by atoms with E-state index < -0.39 is 5.97 Å². The van der Waals surface area contributed by atoms with E-state index in [9.17, 15) is 4.79 Å². The van der Waals surface area contributed by atoms with E-state index in [1.165, 1.54) is 0 Å². The molecule has 0 bridgehead atoms. The number of esters is 1. The summed E-state index contributed by atoms with van der Waals surface area (Å²) >= 11 is 3.44. The van der Waals surface area contributed by atoms with Crippen LogP contribution < -0.4 is 0 Å². The maximum atomic E-state index is 11.7. The normalized spacial score (nSPS) is 10.8. The highest BCUT2D eigenvalue weighted by atomic mass is 79.9. The molecule has 0 saturated heterocycles. The predicted octanol–water partition coefficient (Wildman–Crippen LogP) is 3.34. The number of hydrogen-bond donors (Lipinski definition) is 0. The Kier molecular flexibility index (Phi) is 3.70. The fraction of sp³-hybridized carbons (Fsp3) is 0.133. The van der Waals surface area contributed by atoms with Crippen molar-refractivity contribution in [2.24, 2.45) is 0 Å². The van der Waals surface area contributed by atoms with Gasteiger partial charge in [0.1, 0.15) is 0 Å². The van der Waals surface area contributed by atoms with E-state index in [0.29, 0.717) is 12.3 Å². The minimum atomic E-state index is -0.438. The lowest BCUT2D eigenvalue weighted by Crippen LogP contribution is -2.04. The van der Waals surface area contributed by atoms with E-state index in [4.69, 9.17) is 4.74 Å². The molecule has 3 aromatic rings. The third-order valence-electron chi connectivity index (χ3n) is 2.92. The molecule has 5 nitrogen and oxygen atoms in total. The standard InChI is InChI=1S/C15H12BrN3O2/c1-2-21-15(20)13-9-19-14(17-13)7-6-12(18-19)10-4-3-5-11(16)8-10/h3-9H,2H2,1H3. The van der Waals surface area contributed by atoms with Gasteiger partial charge in [-0.2, -0.15) is 5.10 Å². The third kappa shape index (κ3) is 2.80. The molecule has 0 saturated carbocycles. The zero-order valence-electron chi connectivity index (χ0n) is 11.3. The van der Waals surface area contributed by atoms with Crippen LogP contribution >= 0.6 is 15.9 Å². The predicted molar refractivity (Wildman–Crippen MR) is 82.1 cm³/mol. The SMILES string of the molecule is CCOC(=O)c1cn2nc(-c3cccc(Br)c3)ccc2n1. The first-order chi connectivity index (χ1) is 10.2. The highest BCUT2D eigenvalue weighted by Crippen LogP contribution is 2.21. The molecule has 0 unspecified atom stereocenters. The summed E-state index contributed by atoms with van der Waals surface area (Å²) in [5.41, 5.74) is 2.65. The van der Waals surface area contributed by atoms with Gasteiger partial charge in [0, 0.05) is 10.0 Å². The summed E-state index contributed by atoms with van der Waals surface area (Å²) in [6, 6.07) is 11.6. The zero-order chi connectivity index (χ0) is 14.8. The minimum absolute atomic E-state index is 0.260. The molecule has 0 fully saturated rings. The van der Waals surface area contributed by atoms with Crippen molar-refractivity contribution in [1.82, 2.24) is 14.6 Å². The molecule has 21 heavy (non-hydrogen) atoms. The number of imidazole rings is 1. The molecule has 1 aromatic carbocycles. The highest BCUT2D eigenvalue weighted by molar-refractivity contribution is 9.10. The first kappa shape index (κ1) is 13.8. The van der Waals surface area contributed by atoms with Crippen molar-refractivity contribution < 1.29 is 9.53 Å². The van der Waals surface area contributed by atoms with Crippen LogP contribution in [0.3, 0.4) is 0 Å². The molecule has 0 atom stereocenters. The van der Waals surface area contributed by atoms with Gasteiger partial charge in [-0.05, 0) is 31.2 Å². The van der Waals surface area contributed by atoms with E-state index in [1.807, 2.05) is 36.4 Å². The molecule has 0 aliphatic carbocycles. The Morgan fingerprint density at radius 2 is 2.19 bits per heavy atom. The van der Waals surface area contributed by atoms with Crippen LogP contribution in [0.4, 0.5) is 0 Å². The van der Waals surface area contributed by atoms with E-state index in [1.54, 1.807) is 17.6 Å². The molecule has 3 rings (SSSR count). The molecular weight excluding hydrogens is 334 g/mol. The number of ether oxygens (including phenoxy) is 1. The van der Waals surface area contributed by atoms with Crippen molar-refractivity contribution in [2.75, 3.05) is 6.61 Å². The van der Waals surface area contributed by atoms with E-state index >= 15 is 0 Å². The number of rotatable bonds is 3. The lowest BCUT2D eigenvalue weighted by molar-refractivity contribution is 0.0520. The fourth-order valence-electron chi connectivity index (χ4n) is 1.99. The lowest BCUT2D eigenvalue weighted by atomic mass is 10.1. The minimum Gasteiger partial charge on any atom is -0.461 e. The van der Waals surface area contributed by atoms with Crippen LogP contribution in [0.1, 0.15) is 17.4 Å². The van der Waals surface area contributed by atoms with E-state index in [2.05, 4.69) is 26.0 Å². The average Bonchev–Trinajstić information content (AvgIpc) is 2.90. The summed E-state index contributed by atoms with van der Waals surface area (Å²) in [4.78, 5) is 15.9. The second-order valence-electron chi connectivity index (χ2n) is 4.38. The topological polar surface area (TPSA) is 56.5 Å². The summed E-state index contributed by atoms with van der Waals surface area (Å²) in [6.07, 6.45) is 1.58. The third-order valence-corrected chi connectivity index (χ3v) is 3.42. The van der Waals surface area contributed by atoms with Crippen LogP contribution in [0.2, 0.25) is 0 Å². The molecule has 106 valence electrons. The van der Waals surface area contributed by atoms with Gasteiger partial charge in [0.05, 0.1) is 18.5 Å². The second-order valence-corrected chi connectivity index (χ2v) is 5.29. The largest absolute Gasteiger partial charge is 0.461 e. The van der Waals surface area contributed by atoms with Gasteiger partial charge >= 0.3 is 5.97 Å². The number of benzene rings is 1. The first-order valence-electron chi connectivity index (χ1n) is 6.47. The van der Waals surface area contributed by atoms with Crippen molar-refractivity contribution >= 4 is 27.5 Å². The van der Waals surface area contributed by atoms with Crippen LogP contribution in [-0.2, 0) is 4.74 Å². The van der Waals surface area contributed by atoms with Crippen LogP contribution in [0.5, 0.6) is 0 Å². The van der Waals surface area contributed by atoms with Crippen LogP contribution in [0.25, 0.3) is 16.9 Å². The van der Waals surface area contributed by atoms with Gasteiger partial charge in [-0.15, -0.1) is 0 Å². The number of carbonyl (C=O) groups excluding carboxylic acids is 1. The van der Waals surface area contributed by atoms with Crippen LogP contribution in [0.15, 0.2) is 47.1 Å². The molecule has 6 heteroatoms. The lowest BCUT2D eigenvalue weighted by Gasteiger charge is -2.01. The molecule has 0 spiro atoms. The average molecular weight is 346 g/mol. The van der Waals surface area contributed by atoms with Crippen molar-refractivity contribution in [3.8, 4) is 11.3 Å². The highest BCUT2D eigenvalue weighted by Gasteiger charge is 2.12. The Balaban J connectivity index is 2.02. The molecule has 0 N–H and O–H groups in total. The molecule has 0 aliphatic heterocycles. The summed E-state index contributed by atoms with van der Waals surface area (Å²) in [5, 5.41) is 4.48. The van der Waals surface area contributed by atoms with Gasteiger partial charge in [-0.25, -0.2) is 14.3 Å². The summed E-state index contributed by atoms with van der Waals surface area (Å²) in [5.74, 6) is -0.438. The summed E-state index contributed by atoms with van der Waals surface area (Å²) in [6.45, 7) is 2.08. The maximum Gasteiger partial charge on any atom is 0.358 e. The number of fused-ring (bicyclic) bond motifs is 1. The van der Waals surface area contributed by atoms with Gasteiger partial charge in [0.2, 0.25) is 0 Å². The van der Waals surface area contributed by atoms with Crippen LogP contribution in [-0.4, -0.2) is 27.2 Å². The molecule has 0 aliphatic rings. The number of hydrogen-bond acceptors (Lipinski definition) is 4. The summed E-state index contributed by atoms with van der Waals surface area (Å²) < 4.78 is 7.51. The van der Waals surface area contributed by atoms with Gasteiger partial charge in [0.15, 0.2) is 11.3 Å². The zero-order valence-corrected chi connectivity index (χ0v) is 12.9. The van der Waals surface area contributed by atoms with E-state index in [0.717, 1.165) is 15.7 Å². The molecule has 2 aromatic heterocycles. The van der Waals surface area contributed by atoms with Gasteiger partial charge in [0.25, 0.3) is 0 Å². The molecule has 2 heterocycles. The fourth-order valence-corrected chi connectivity index (χ4v) is 2.39. The Hall–Kier alpha value is -2.21. The van der Waals surface area contributed by atoms with Crippen molar-refractivity contribution in [3.05, 3.63) is 52.8 Å². The number of carbonyl (C=O) groups is 1. The van der Waals surface area contributed by atoms with Crippen molar-refractivity contribution in [3.63, 3.8) is 0 Å². The second kappa shape index (κ2) is 5.65. The molecule has 0 amide bonds. The van der Waals surface area contributed by atoms with Crippen LogP contribution in [0, 0.1) is 0 Å². The number of aromatic nitrogens is 3. The van der Waals surface area contributed by atoms with Gasteiger partial charge in [-0.1, -0.05) is 28.1 Å². The number of nitrogens with zero attached hydrogens (tertiary/aromatic N) is 3. The quantitative estimate of drug-likeness (QED) is 0.683. The molecular formula is C15H12BrN3O2. The maximum absolute atomic E-state index is 11.7. The van der Waals surface area contributed by atoms with Crippen molar-refractivity contribution in [1.29, 1.82) is 0 Å². The monoisotopic (exact) mass is 345 g/mol. The Morgan fingerprint density at radius 1 is 1.33 bits per heavy atom. The summed E-state index contributed by atoms with van der Waals surface area (Å²) in [7, 11) is 0. The smallest absolute Gasteiger partial charge is 0.358 e. The van der Waals surface area contributed by atoms with Gasteiger partial charge < -0.3 is 4.74 Å². The Labute approximate surface area is 129 Å². The van der Waals surface area contributed by atoms with Crippen molar-refractivity contribution in [2.45, 2.75) is 6.92 Å². The number of halogens is 1. The Bertz CT molecular complexity index is 814. The van der Waals surface area contributed by atoms with Gasteiger partial charge in [-0.3, -0.25) is 0 Å². The molecule has 0 radical (unpaired) electrons. The Morgan fingerprint density at radius 3 is 2.95 bits per heavy atom.